The molecule has 182 valence electrons. The molecule has 4 heterocycles. The van der Waals surface area contributed by atoms with Crippen molar-refractivity contribution in [1.82, 2.24) is 30.0 Å². The van der Waals surface area contributed by atoms with Crippen molar-refractivity contribution in [2.24, 2.45) is 0 Å². The first-order valence-corrected chi connectivity index (χ1v) is 13.3. The first-order valence-electron chi connectivity index (χ1n) is 11.5. The van der Waals surface area contributed by atoms with Crippen LogP contribution in [-0.2, 0) is 10.5 Å². The van der Waals surface area contributed by atoms with E-state index in [2.05, 4.69) is 25.4 Å². The topological polar surface area (TPSA) is 98.3 Å². The van der Waals surface area contributed by atoms with Crippen LogP contribution in [0.4, 0.5) is 0 Å². The lowest BCUT2D eigenvalue weighted by Crippen LogP contribution is -2.38. The van der Waals surface area contributed by atoms with E-state index in [1.807, 2.05) is 52.4 Å². The number of amides is 1. The second-order valence-electron chi connectivity index (χ2n) is 7.93. The van der Waals surface area contributed by atoms with Gasteiger partial charge in [-0.25, -0.2) is 4.98 Å². The van der Waals surface area contributed by atoms with E-state index in [0.717, 1.165) is 55.1 Å². The molecule has 35 heavy (non-hydrogen) atoms. The Morgan fingerprint density at radius 2 is 1.97 bits per heavy atom. The summed E-state index contributed by atoms with van der Waals surface area (Å²) in [6.45, 7) is 5.10. The third-order valence-electron chi connectivity index (χ3n) is 5.54. The van der Waals surface area contributed by atoms with Crippen LogP contribution in [0.1, 0.15) is 21.9 Å². The van der Waals surface area contributed by atoms with Crippen LogP contribution in [0.15, 0.2) is 63.7 Å². The number of morpholine rings is 1. The molecule has 0 radical (unpaired) electrons. The van der Waals surface area contributed by atoms with E-state index in [0.29, 0.717) is 29.6 Å². The Bertz CT molecular complexity index is 1220. The summed E-state index contributed by atoms with van der Waals surface area (Å²) in [6, 6.07) is 13.6. The molecule has 5 rings (SSSR count). The summed E-state index contributed by atoms with van der Waals surface area (Å²) in [4.78, 5) is 19.4. The van der Waals surface area contributed by atoms with E-state index in [1.165, 1.54) is 23.1 Å². The maximum absolute atomic E-state index is 12.5. The van der Waals surface area contributed by atoms with Gasteiger partial charge in [-0.1, -0.05) is 30.0 Å². The highest BCUT2D eigenvalue weighted by atomic mass is 32.2. The third kappa shape index (κ3) is 5.99. The highest BCUT2D eigenvalue weighted by Crippen LogP contribution is 2.30. The summed E-state index contributed by atoms with van der Waals surface area (Å²) in [5, 5.41) is 15.1. The van der Waals surface area contributed by atoms with E-state index >= 15 is 0 Å². The predicted molar refractivity (Wildman–Crippen MR) is 135 cm³/mol. The van der Waals surface area contributed by atoms with Gasteiger partial charge in [0.15, 0.2) is 10.9 Å². The van der Waals surface area contributed by atoms with Crippen molar-refractivity contribution < 1.29 is 13.9 Å². The molecule has 1 saturated heterocycles. The van der Waals surface area contributed by atoms with Crippen LogP contribution in [0.25, 0.3) is 17.3 Å². The number of nitrogens with one attached hydrogen (secondary N) is 1. The number of hydrogen-bond acceptors (Lipinski definition) is 9. The van der Waals surface area contributed by atoms with Gasteiger partial charge in [0.2, 0.25) is 5.82 Å². The summed E-state index contributed by atoms with van der Waals surface area (Å²) >= 11 is 3.00. The quantitative estimate of drug-likeness (QED) is 0.255. The smallest absolute Gasteiger partial charge is 0.270 e. The van der Waals surface area contributed by atoms with Crippen LogP contribution >= 0.6 is 23.1 Å². The van der Waals surface area contributed by atoms with Gasteiger partial charge in [-0.3, -0.25) is 14.3 Å². The Labute approximate surface area is 211 Å². The summed E-state index contributed by atoms with van der Waals surface area (Å²) in [5.41, 5.74) is 1.40. The van der Waals surface area contributed by atoms with Crippen LogP contribution in [0.3, 0.4) is 0 Å². The zero-order chi connectivity index (χ0) is 23.9. The van der Waals surface area contributed by atoms with Crippen molar-refractivity contribution >= 4 is 29.0 Å². The number of nitrogens with zero attached hydrogens (tertiary/aromatic N) is 5. The van der Waals surface area contributed by atoms with E-state index < -0.39 is 0 Å². The van der Waals surface area contributed by atoms with Gasteiger partial charge in [-0.05, 0) is 37.2 Å². The minimum Gasteiger partial charge on any atom is -0.461 e. The lowest BCUT2D eigenvalue weighted by atomic mass is 10.3. The van der Waals surface area contributed by atoms with E-state index in [4.69, 9.17) is 9.15 Å². The highest BCUT2D eigenvalue weighted by molar-refractivity contribution is 7.98. The number of ether oxygens (including phenoxy) is 1. The highest BCUT2D eigenvalue weighted by Gasteiger charge is 2.19. The fourth-order valence-corrected chi connectivity index (χ4v) is 5.51. The molecule has 3 aromatic heterocycles. The van der Waals surface area contributed by atoms with E-state index in [9.17, 15) is 4.79 Å². The predicted octanol–water partition coefficient (Wildman–Crippen LogP) is 3.73. The first kappa shape index (κ1) is 23.7. The average Bonchev–Trinajstić information content (AvgIpc) is 3.67. The lowest BCUT2D eigenvalue weighted by Gasteiger charge is -2.26. The maximum Gasteiger partial charge on any atom is 0.270 e. The molecule has 1 aromatic carbocycles. The molecule has 1 aliphatic rings. The van der Waals surface area contributed by atoms with Gasteiger partial charge in [0, 0.05) is 30.7 Å². The Balaban J connectivity index is 1.18. The fourth-order valence-electron chi connectivity index (χ4n) is 3.77. The minimum absolute atomic E-state index is 0.132. The second kappa shape index (κ2) is 11.6. The number of furan rings is 1. The number of aromatic nitrogens is 4. The molecule has 1 fully saturated rings. The normalized spacial score (nSPS) is 14.3. The first-order chi connectivity index (χ1) is 17.3. The van der Waals surface area contributed by atoms with Gasteiger partial charge in [0.1, 0.15) is 10.7 Å². The van der Waals surface area contributed by atoms with Crippen LogP contribution < -0.4 is 5.32 Å². The lowest BCUT2D eigenvalue weighted by molar-refractivity contribution is 0.0374. The third-order valence-corrected chi connectivity index (χ3v) is 7.51. The zero-order valence-electron chi connectivity index (χ0n) is 19.1. The number of thiazole rings is 1. The largest absolute Gasteiger partial charge is 0.461 e. The van der Waals surface area contributed by atoms with Crippen molar-refractivity contribution in [3.05, 3.63) is 64.8 Å². The van der Waals surface area contributed by atoms with Crippen LogP contribution in [-0.4, -0.2) is 69.9 Å². The standard InChI is InChI=1S/C24H26N6O3S2/c31-23(25-9-5-10-29-11-14-32-15-12-29)19-16-34-21(26-19)17-35-24-28-27-22(20-8-4-13-33-20)30(24)18-6-2-1-3-7-18/h1-4,6-8,13,16H,5,9-12,14-15,17H2,(H,25,31). The van der Waals surface area contributed by atoms with Crippen LogP contribution in [0.5, 0.6) is 0 Å². The summed E-state index contributed by atoms with van der Waals surface area (Å²) in [7, 11) is 0. The van der Waals surface area contributed by atoms with Gasteiger partial charge in [0.25, 0.3) is 5.91 Å². The van der Waals surface area contributed by atoms with Crippen LogP contribution in [0.2, 0.25) is 0 Å². The molecule has 0 bridgehead atoms. The molecule has 9 nitrogen and oxygen atoms in total. The van der Waals surface area contributed by atoms with Crippen molar-refractivity contribution in [2.75, 3.05) is 39.4 Å². The van der Waals surface area contributed by atoms with Gasteiger partial charge < -0.3 is 14.5 Å². The fraction of sp³-hybridized carbons (Fsp3) is 0.333. The molecule has 1 aliphatic heterocycles. The maximum atomic E-state index is 12.5. The Hall–Kier alpha value is -2.99. The Kier molecular flexibility index (Phi) is 7.89. The Morgan fingerprint density at radius 3 is 2.77 bits per heavy atom. The number of carbonyl (C=O) groups is 1. The number of para-hydroxylation sites is 1. The number of thioether (sulfide) groups is 1. The zero-order valence-corrected chi connectivity index (χ0v) is 20.8. The van der Waals surface area contributed by atoms with E-state index in [-0.39, 0.29) is 5.91 Å². The van der Waals surface area contributed by atoms with Crippen molar-refractivity contribution in [1.29, 1.82) is 0 Å². The summed E-state index contributed by atoms with van der Waals surface area (Å²) < 4.78 is 12.9. The number of hydrogen-bond donors (Lipinski definition) is 1. The average molecular weight is 511 g/mol. The number of rotatable bonds is 10. The van der Waals surface area contributed by atoms with Gasteiger partial charge in [-0.2, -0.15) is 0 Å². The van der Waals surface area contributed by atoms with Crippen LogP contribution in [0, 0.1) is 0 Å². The van der Waals surface area contributed by atoms with E-state index in [1.54, 1.807) is 6.26 Å². The number of benzene rings is 1. The minimum atomic E-state index is -0.132. The molecule has 0 atom stereocenters. The molecule has 1 amide bonds. The van der Waals surface area contributed by atoms with Crippen molar-refractivity contribution in [3.8, 4) is 17.3 Å². The molecule has 0 unspecified atom stereocenters. The molecule has 0 saturated carbocycles. The molecule has 11 heteroatoms. The SMILES string of the molecule is O=C(NCCCN1CCOCC1)c1csc(CSc2nnc(-c3ccco3)n2-c2ccccc2)n1. The molecular weight excluding hydrogens is 484 g/mol. The summed E-state index contributed by atoms with van der Waals surface area (Å²) in [5.74, 6) is 1.74. The Morgan fingerprint density at radius 1 is 1.11 bits per heavy atom. The van der Waals surface area contributed by atoms with Gasteiger partial charge >= 0.3 is 0 Å². The summed E-state index contributed by atoms with van der Waals surface area (Å²) in [6.07, 6.45) is 2.53. The molecule has 4 aromatic rings. The molecule has 0 aliphatic carbocycles. The van der Waals surface area contributed by atoms with Gasteiger partial charge in [0.05, 0.1) is 25.2 Å². The molecule has 1 N–H and O–H groups in total. The molecule has 0 spiro atoms. The van der Waals surface area contributed by atoms with Crippen molar-refractivity contribution in [3.63, 3.8) is 0 Å². The monoisotopic (exact) mass is 510 g/mol. The van der Waals surface area contributed by atoms with Gasteiger partial charge in [-0.15, -0.1) is 21.5 Å². The second-order valence-corrected chi connectivity index (χ2v) is 9.82. The number of carbonyl (C=O) groups excluding carboxylic acids is 1. The van der Waals surface area contributed by atoms with Crippen molar-refractivity contribution in [2.45, 2.75) is 17.3 Å². The molecular formula is C24H26N6O3S2.